The molecule has 4 rings (SSSR count). The molecule has 0 radical (unpaired) electrons. The third-order valence-electron chi connectivity index (χ3n) is 5.03. The van der Waals surface area contributed by atoms with Crippen LogP contribution in [0.5, 0.6) is 0 Å². The highest BCUT2D eigenvalue weighted by molar-refractivity contribution is 7.80. The topological polar surface area (TPSA) is 29.1 Å². The van der Waals surface area contributed by atoms with Crippen molar-refractivity contribution in [1.29, 1.82) is 0 Å². The molecule has 0 unspecified atom stereocenters. The van der Waals surface area contributed by atoms with Crippen molar-refractivity contribution >= 4 is 35.3 Å². The fourth-order valence-corrected chi connectivity index (χ4v) is 6.00. The second-order valence-corrected chi connectivity index (χ2v) is 9.15. The van der Waals surface area contributed by atoms with E-state index in [4.69, 9.17) is 0 Å². The van der Waals surface area contributed by atoms with Gasteiger partial charge in [-0.05, 0) is 43.9 Å². The number of carbonyl (C=O) groups is 1. The number of rotatable bonds is 5. The van der Waals surface area contributed by atoms with Gasteiger partial charge < -0.3 is 5.32 Å². The molecule has 0 aliphatic heterocycles. The molecule has 3 heteroatoms. The Kier molecular flexibility index (Phi) is 5.99. The molecule has 0 atom stereocenters. The highest BCUT2D eigenvalue weighted by atomic mass is 31.1. The Morgan fingerprint density at radius 3 is 1.93 bits per heavy atom. The lowest BCUT2D eigenvalue weighted by molar-refractivity contribution is -0.116. The lowest BCUT2D eigenvalue weighted by atomic mass is 9.94. The third kappa shape index (κ3) is 4.24. The van der Waals surface area contributed by atoms with Crippen LogP contribution in [0.4, 0.5) is 5.69 Å². The van der Waals surface area contributed by atoms with E-state index >= 15 is 0 Å². The fraction of sp³-hybridized carbons (Fsp3) is 0.160. The van der Waals surface area contributed by atoms with Crippen LogP contribution in [-0.2, 0) is 4.79 Å². The molecule has 3 aromatic rings. The van der Waals surface area contributed by atoms with Gasteiger partial charge in [-0.1, -0.05) is 78.9 Å². The molecule has 0 heterocycles. The lowest BCUT2D eigenvalue weighted by Crippen LogP contribution is -2.22. The van der Waals surface area contributed by atoms with Crippen LogP contribution in [0.2, 0.25) is 0 Å². The molecule has 140 valence electrons. The molecule has 1 N–H and O–H groups in total. The molecule has 0 bridgehead atoms. The van der Waals surface area contributed by atoms with Crippen LogP contribution in [0.25, 0.3) is 0 Å². The summed E-state index contributed by atoms with van der Waals surface area (Å²) in [5, 5.41) is 7.38. The van der Waals surface area contributed by atoms with Gasteiger partial charge in [0.1, 0.15) is 0 Å². The zero-order valence-corrected chi connectivity index (χ0v) is 16.7. The Morgan fingerprint density at radius 1 is 0.714 bits per heavy atom. The van der Waals surface area contributed by atoms with Gasteiger partial charge in [0, 0.05) is 29.2 Å². The summed E-state index contributed by atoms with van der Waals surface area (Å²) in [6.07, 6.45) is 5.60. The van der Waals surface area contributed by atoms with Crippen molar-refractivity contribution < 1.29 is 4.79 Å². The first-order valence-corrected chi connectivity index (χ1v) is 11.1. The number of anilines is 1. The minimum absolute atomic E-state index is 0.282. The summed E-state index contributed by atoms with van der Waals surface area (Å²) in [5.41, 5.74) is 2.00. The zero-order valence-electron chi connectivity index (χ0n) is 15.8. The van der Waals surface area contributed by atoms with Crippen LogP contribution in [0, 0.1) is 0 Å². The minimum atomic E-state index is -0.684. The Morgan fingerprint density at radius 2 is 1.29 bits per heavy atom. The molecule has 0 aromatic heterocycles. The number of ketones is 1. The van der Waals surface area contributed by atoms with Crippen molar-refractivity contribution in [2.75, 3.05) is 5.32 Å². The van der Waals surface area contributed by atoms with E-state index in [1.54, 1.807) is 0 Å². The number of Topliss-reactive ketones (excluding diaryl/α,β-unsaturated/α-hetero) is 1. The standard InChI is InChI=1S/C25H24NOP/c27-24-17-9-7-11-20(24)19-26-23-16-8-10-18-25(23)28(21-12-3-1-4-13-21)22-14-5-2-6-15-22/h1-6,8,10,12-16,18-19,26H,7,9,11,17H2/b20-19+. The van der Waals surface area contributed by atoms with Gasteiger partial charge in [0.05, 0.1) is 0 Å². The van der Waals surface area contributed by atoms with Gasteiger partial charge in [0.2, 0.25) is 0 Å². The first kappa shape index (κ1) is 18.7. The predicted molar refractivity (Wildman–Crippen MR) is 120 cm³/mol. The zero-order chi connectivity index (χ0) is 19.2. The summed E-state index contributed by atoms with van der Waals surface area (Å²) in [7, 11) is -0.684. The first-order chi connectivity index (χ1) is 13.8. The van der Waals surface area contributed by atoms with E-state index in [1.807, 2.05) is 6.20 Å². The molecule has 1 saturated carbocycles. The largest absolute Gasteiger partial charge is 0.361 e. The molecule has 2 nitrogen and oxygen atoms in total. The smallest absolute Gasteiger partial charge is 0.160 e. The second kappa shape index (κ2) is 8.99. The highest BCUT2D eigenvalue weighted by Crippen LogP contribution is 2.35. The molecule has 0 saturated heterocycles. The van der Waals surface area contributed by atoms with Gasteiger partial charge in [-0.2, -0.15) is 0 Å². The predicted octanol–water partition coefficient (Wildman–Crippen LogP) is 4.88. The maximum absolute atomic E-state index is 12.2. The minimum Gasteiger partial charge on any atom is -0.361 e. The number of para-hydroxylation sites is 1. The van der Waals surface area contributed by atoms with E-state index in [1.165, 1.54) is 15.9 Å². The van der Waals surface area contributed by atoms with Gasteiger partial charge in [-0.25, -0.2) is 0 Å². The quantitative estimate of drug-likeness (QED) is 0.501. The fourth-order valence-electron chi connectivity index (χ4n) is 3.59. The SMILES string of the molecule is O=C1CCCC/C1=C\Nc1ccccc1P(c1ccccc1)c1ccccc1. The Labute approximate surface area is 168 Å². The number of benzene rings is 3. The number of allylic oxidation sites excluding steroid dienone is 1. The van der Waals surface area contributed by atoms with Crippen molar-refractivity contribution in [3.63, 3.8) is 0 Å². The van der Waals surface area contributed by atoms with Crippen molar-refractivity contribution in [2.24, 2.45) is 0 Å². The summed E-state index contributed by atoms with van der Waals surface area (Å²) < 4.78 is 0. The van der Waals surface area contributed by atoms with E-state index in [0.29, 0.717) is 6.42 Å². The maximum Gasteiger partial charge on any atom is 0.160 e. The number of hydrogen-bond donors (Lipinski definition) is 1. The average molecular weight is 385 g/mol. The van der Waals surface area contributed by atoms with E-state index < -0.39 is 7.92 Å². The van der Waals surface area contributed by atoms with Crippen molar-refractivity contribution in [1.82, 2.24) is 0 Å². The summed E-state index contributed by atoms with van der Waals surface area (Å²) in [6.45, 7) is 0. The van der Waals surface area contributed by atoms with E-state index in [0.717, 1.165) is 30.5 Å². The summed E-state index contributed by atoms with van der Waals surface area (Å²) in [5.74, 6) is 0.282. The normalized spacial score (nSPS) is 15.8. The van der Waals surface area contributed by atoms with E-state index in [-0.39, 0.29) is 5.78 Å². The molecular weight excluding hydrogens is 361 g/mol. The van der Waals surface area contributed by atoms with Gasteiger partial charge in [-0.15, -0.1) is 0 Å². The van der Waals surface area contributed by atoms with Crippen molar-refractivity contribution in [2.45, 2.75) is 25.7 Å². The molecule has 3 aromatic carbocycles. The maximum atomic E-state index is 12.2. The van der Waals surface area contributed by atoms with E-state index in [2.05, 4.69) is 90.2 Å². The number of hydrogen-bond acceptors (Lipinski definition) is 2. The van der Waals surface area contributed by atoms with E-state index in [9.17, 15) is 4.79 Å². The molecular formula is C25H24NOP. The first-order valence-electron chi connectivity index (χ1n) is 9.81. The van der Waals surface area contributed by atoms with Crippen LogP contribution >= 0.6 is 7.92 Å². The summed E-state index contributed by atoms with van der Waals surface area (Å²) >= 11 is 0. The van der Waals surface area contributed by atoms with Crippen LogP contribution in [-0.4, -0.2) is 5.78 Å². The Balaban J connectivity index is 1.74. The second-order valence-electron chi connectivity index (χ2n) is 6.97. The van der Waals surface area contributed by atoms with Crippen LogP contribution in [0.1, 0.15) is 25.7 Å². The van der Waals surface area contributed by atoms with Gasteiger partial charge in [-0.3, -0.25) is 4.79 Å². The average Bonchev–Trinajstić information content (AvgIpc) is 2.76. The summed E-state index contributed by atoms with van der Waals surface area (Å²) in [6, 6.07) is 29.8. The number of carbonyl (C=O) groups excluding carboxylic acids is 1. The molecule has 1 aliphatic carbocycles. The van der Waals surface area contributed by atoms with Crippen LogP contribution in [0.15, 0.2) is 96.7 Å². The van der Waals surface area contributed by atoms with Crippen molar-refractivity contribution in [3.05, 3.63) is 96.7 Å². The van der Waals surface area contributed by atoms with Gasteiger partial charge >= 0.3 is 0 Å². The van der Waals surface area contributed by atoms with Gasteiger partial charge in [0.25, 0.3) is 0 Å². The third-order valence-corrected chi connectivity index (χ3v) is 7.53. The lowest BCUT2D eigenvalue weighted by Gasteiger charge is -2.22. The van der Waals surface area contributed by atoms with Gasteiger partial charge in [0.15, 0.2) is 5.78 Å². The molecule has 28 heavy (non-hydrogen) atoms. The van der Waals surface area contributed by atoms with Crippen LogP contribution < -0.4 is 21.2 Å². The van der Waals surface area contributed by atoms with Crippen molar-refractivity contribution in [3.8, 4) is 0 Å². The molecule has 1 fully saturated rings. The van der Waals surface area contributed by atoms with Crippen LogP contribution in [0.3, 0.4) is 0 Å². The molecule has 1 aliphatic rings. The summed E-state index contributed by atoms with van der Waals surface area (Å²) in [4.78, 5) is 12.2. The Hall–Kier alpha value is -2.70. The monoisotopic (exact) mass is 385 g/mol. The molecule has 0 amide bonds. The molecule has 0 spiro atoms. The highest BCUT2D eigenvalue weighted by Gasteiger charge is 2.19. The Bertz CT molecular complexity index is 927. The number of nitrogens with one attached hydrogen (secondary N) is 1.